The Bertz CT molecular complexity index is 1220. The van der Waals surface area contributed by atoms with Gasteiger partial charge >= 0.3 is 0 Å². The highest BCUT2D eigenvalue weighted by Crippen LogP contribution is 2.31. The standard InChI is InChI=1S/C22H23N7O2/c1-13-18-5-3-4-6-19(18)29(27-13)22-23-11-16(12-24-22)21(30)26-17-9-7-15(8-10-17)20-25-14(2)31-28-20/h3-6,11-12,15,17H,7-10H2,1-2H3,(H,26,30). The molecular weight excluding hydrogens is 394 g/mol. The second-order valence-electron chi connectivity index (χ2n) is 7.98. The number of rotatable bonds is 4. The van der Waals surface area contributed by atoms with Gasteiger partial charge in [-0.25, -0.2) is 9.97 Å². The number of hydrogen-bond acceptors (Lipinski definition) is 7. The van der Waals surface area contributed by atoms with Crippen molar-refractivity contribution in [2.45, 2.75) is 51.5 Å². The van der Waals surface area contributed by atoms with Gasteiger partial charge in [-0.1, -0.05) is 23.4 Å². The molecule has 0 radical (unpaired) electrons. The van der Waals surface area contributed by atoms with Gasteiger partial charge in [0.05, 0.1) is 16.8 Å². The number of para-hydroxylation sites is 1. The minimum Gasteiger partial charge on any atom is -0.349 e. The van der Waals surface area contributed by atoms with E-state index in [1.54, 1.807) is 24.0 Å². The maximum atomic E-state index is 12.7. The first kappa shape index (κ1) is 19.3. The van der Waals surface area contributed by atoms with Crippen LogP contribution in [0, 0.1) is 13.8 Å². The molecule has 1 saturated carbocycles. The molecule has 31 heavy (non-hydrogen) atoms. The quantitative estimate of drug-likeness (QED) is 0.542. The maximum Gasteiger partial charge on any atom is 0.254 e. The molecule has 1 aromatic carbocycles. The van der Waals surface area contributed by atoms with Gasteiger partial charge in [-0.3, -0.25) is 4.79 Å². The summed E-state index contributed by atoms with van der Waals surface area (Å²) < 4.78 is 6.78. The molecule has 1 aliphatic rings. The number of amides is 1. The van der Waals surface area contributed by atoms with Crippen molar-refractivity contribution in [3.05, 3.63) is 59.6 Å². The van der Waals surface area contributed by atoms with Crippen LogP contribution < -0.4 is 5.32 Å². The van der Waals surface area contributed by atoms with Crippen LogP contribution in [0.15, 0.2) is 41.2 Å². The molecule has 5 rings (SSSR count). The van der Waals surface area contributed by atoms with Crippen LogP contribution in [-0.4, -0.2) is 41.8 Å². The number of aromatic nitrogens is 6. The summed E-state index contributed by atoms with van der Waals surface area (Å²) in [5.74, 6) is 1.93. The molecule has 1 N–H and O–H groups in total. The first-order valence-electron chi connectivity index (χ1n) is 10.5. The predicted molar refractivity (Wildman–Crippen MR) is 113 cm³/mol. The van der Waals surface area contributed by atoms with E-state index >= 15 is 0 Å². The number of benzene rings is 1. The molecular formula is C22H23N7O2. The van der Waals surface area contributed by atoms with Crippen LogP contribution in [0.2, 0.25) is 0 Å². The zero-order valence-electron chi connectivity index (χ0n) is 17.4. The predicted octanol–water partition coefficient (Wildman–Crippen LogP) is 3.27. The summed E-state index contributed by atoms with van der Waals surface area (Å²) in [5.41, 5.74) is 2.28. The van der Waals surface area contributed by atoms with Crippen molar-refractivity contribution in [1.82, 2.24) is 35.2 Å². The lowest BCUT2D eigenvalue weighted by atomic mass is 9.85. The van der Waals surface area contributed by atoms with Gasteiger partial charge in [-0.15, -0.1) is 0 Å². The number of nitrogens with zero attached hydrogens (tertiary/aromatic N) is 6. The highest BCUT2D eigenvalue weighted by atomic mass is 16.5. The third-order valence-corrected chi connectivity index (χ3v) is 5.83. The second kappa shape index (κ2) is 7.90. The zero-order valence-corrected chi connectivity index (χ0v) is 17.4. The fourth-order valence-corrected chi connectivity index (χ4v) is 4.17. The molecule has 3 heterocycles. The van der Waals surface area contributed by atoms with Gasteiger partial charge in [0.15, 0.2) is 5.82 Å². The Morgan fingerprint density at radius 1 is 1.10 bits per heavy atom. The van der Waals surface area contributed by atoms with Crippen LogP contribution in [0.4, 0.5) is 0 Å². The van der Waals surface area contributed by atoms with Crippen molar-refractivity contribution in [3.8, 4) is 5.95 Å². The first-order valence-corrected chi connectivity index (χ1v) is 10.5. The zero-order chi connectivity index (χ0) is 21.4. The third-order valence-electron chi connectivity index (χ3n) is 5.83. The summed E-state index contributed by atoms with van der Waals surface area (Å²) in [4.78, 5) is 25.8. The number of fused-ring (bicyclic) bond motifs is 1. The average Bonchev–Trinajstić information content (AvgIpc) is 3.38. The average molecular weight is 417 g/mol. The lowest BCUT2D eigenvalue weighted by molar-refractivity contribution is 0.0924. The molecule has 0 aliphatic heterocycles. The summed E-state index contributed by atoms with van der Waals surface area (Å²) in [6.07, 6.45) is 6.70. The maximum absolute atomic E-state index is 12.7. The van der Waals surface area contributed by atoms with Crippen molar-refractivity contribution < 1.29 is 9.32 Å². The molecule has 0 saturated heterocycles. The largest absolute Gasteiger partial charge is 0.349 e. The van der Waals surface area contributed by atoms with Crippen LogP contribution >= 0.6 is 0 Å². The highest BCUT2D eigenvalue weighted by molar-refractivity contribution is 5.93. The van der Waals surface area contributed by atoms with Crippen LogP contribution in [0.5, 0.6) is 0 Å². The van der Waals surface area contributed by atoms with E-state index in [-0.39, 0.29) is 11.9 Å². The molecule has 0 atom stereocenters. The van der Waals surface area contributed by atoms with Crippen molar-refractivity contribution in [2.24, 2.45) is 0 Å². The topological polar surface area (TPSA) is 112 Å². The monoisotopic (exact) mass is 417 g/mol. The van der Waals surface area contributed by atoms with E-state index in [4.69, 9.17) is 4.52 Å². The van der Waals surface area contributed by atoms with E-state index in [1.807, 2.05) is 31.2 Å². The Kier molecular flexibility index (Phi) is 4.93. The minimum absolute atomic E-state index is 0.120. The fourth-order valence-electron chi connectivity index (χ4n) is 4.17. The lowest BCUT2D eigenvalue weighted by Gasteiger charge is -2.27. The Balaban J connectivity index is 1.24. The van der Waals surface area contributed by atoms with Gasteiger partial charge in [-0.05, 0) is 38.7 Å². The summed E-state index contributed by atoms with van der Waals surface area (Å²) in [7, 11) is 0. The molecule has 1 aliphatic carbocycles. The molecule has 9 heteroatoms. The Hall–Kier alpha value is -3.62. The van der Waals surface area contributed by atoms with Crippen LogP contribution in [0.1, 0.15) is 59.4 Å². The number of carbonyl (C=O) groups excluding carboxylic acids is 1. The summed E-state index contributed by atoms with van der Waals surface area (Å²) in [6, 6.07) is 8.05. The molecule has 158 valence electrons. The van der Waals surface area contributed by atoms with Crippen molar-refractivity contribution in [1.29, 1.82) is 0 Å². The smallest absolute Gasteiger partial charge is 0.254 e. The highest BCUT2D eigenvalue weighted by Gasteiger charge is 2.26. The molecule has 0 unspecified atom stereocenters. The van der Waals surface area contributed by atoms with E-state index in [0.29, 0.717) is 23.3 Å². The van der Waals surface area contributed by atoms with Gasteiger partial charge in [0.2, 0.25) is 5.89 Å². The van der Waals surface area contributed by atoms with Gasteiger partial charge in [-0.2, -0.15) is 14.8 Å². The van der Waals surface area contributed by atoms with Crippen molar-refractivity contribution in [2.75, 3.05) is 0 Å². The van der Waals surface area contributed by atoms with Gasteiger partial charge in [0.25, 0.3) is 11.9 Å². The van der Waals surface area contributed by atoms with E-state index in [9.17, 15) is 4.79 Å². The third kappa shape index (κ3) is 3.78. The van der Waals surface area contributed by atoms with Gasteiger partial charge in [0.1, 0.15) is 0 Å². The molecule has 1 amide bonds. The van der Waals surface area contributed by atoms with E-state index in [2.05, 4.69) is 30.5 Å². The number of nitrogens with one attached hydrogen (secondary N) is 1. The van der Waals surface area contributed by atoms with E-state index in [0.717, 1.165) is 48.1 Å². The van der Waals surface area contributed by atoms with E-state index < -0.39 is 0 Å². The van der Waals surface area contributed by atoms with Crippen LogP contribution in [0.25, 0.3) is 16.9 Å². The van der Waals surface area contributed by atoms with E-state index in [1.165, 1.54) is 0 Å². The molecule has 4 aromatic rings. The van der Waals surface area contributed by atoms with Crippen molar-refractivity contribution in [3.63, 3.8) is 0 Å². The Morgan fingerprint density at radius 2 is 1.84 bits per heavy atom. The van der Waals surface area contributed by atoms with Gasteiger partial charge < -0.3 is 9.84 Å². The van der Waals surface area contributed by atoms with Crippen LogP contribution in [0.3, 0.4) is 0 Å². The second-order valence-corrected chi connectivity index (χ2v) is 7.98. The SMILES string of the molecule is Cc1nc(C2CCC(NC(=O)c3cnc(-n4nc(C)c5ccccc54)nc3)CC2)no1. The van der Waals surface area contributed by atoms with Crippen LogP contribution in [-0.2, 0) is 0 Å². The van der Waals surface area contributed by atoms with Crippen molar-refractivity contribution >= 4 is 16.8 Å². The first-order chi connectivity index (χ1) is 15.1. The molecule has 0 bridgehead atoms. The minimum atomic E-state index is -0.160. The number of aryl methyl sites for hydroxylation is 2. The summed E-state index contributed by atoms with van der Waals surface area (Å²) >= 11 is 0. The summed E-state index contributed by atoms with van der Waals surface area (Å²) in [6.45, 7) is 3.75. The molecule has 9 nitrogen and oxygen atoms in total. The summed E-state index contributed by atoms with van der Waals surface area (Å²) in [5, 5.41) is 12.7. The molecule has 1 fully saturated rings. The van der Waals surface area contributed by atoms with Gasteiger partial charge in [0, 0.05) is 36.7 Å². The molecule has 3 aromatic heterocycles. The number of hydrogen-bond donors (Lipinski definition) is 1. The Labute approximate surface area is 178 Å². The Morgan fingerprint density at radius 3 is 2.55 bits per heavy atom. The lowest BCUT2D eigenvalue weighted by Crippen LogP contribution is -2.37. The normalized spacial score (nSPS) is 18.9. The number of carbonyl (C=O) groups is 1. The fraction of sp³-hybridized carbons (Fsp3) is 0.364. The molecule has 0 spiro atoms.